The van der Waals surface area contributed by atoms with Gasteiger partial charge in [0.25, 0.3) is 0 Å². The molecule has 7 heavy (non-hydrogen) atoms. The maximum absolute atomic E-state index is 5.33. The number of nitrogen functional groups attached to an aromatic ring is 1. The van der Waals surface area contributed by atoms with Gasteiger partial charge in [-0.25, -0.2) is 0 Å². The van der Waals surface area contributed by atoms with Crippen LogP contribution < -0.4 is 10.5 Å². The van der Waals surface area contributed by atoms with E-state index in [1.54, 1.807) is 6.07 Å². The Labute approximate surface area is 47.6 Å². The Bertz CT molecular complexity index is 144. The highest BCUT2D eigenvalue weighted by Crippen LogP contribution is 2.00. The van der Waals surface area contributed by atoms with E-state index in [9.17, 15) is 0 Å². The molecule has 0 saturated carbocycles. The van der Waals surface area contributed by atoms with Gasteiger partial charge in [-0.2, -0.15) is 11.3 Å². The Balaban J connectivity index is 3.12. The molecule has 0 bridgehead atoms. The van der Waals surface area contributed by atoms with E-state index in [1.165, 1.54) is 11.3 Å². The standard InChI is InChI=1S/C4H4BNS/c5-4-3(6)1-2-7-4/h1-2H,6H2. The molecule has 0 atom stereocenters. The number of hydrogen-bond donors (Lipinski definition) is 1. The molecule has 34 valence electrons. The minimum atomic E-state index is 0.685. The fraction of sp³-hybridized carbons (Fsp3) is 0. The zero-order valence-electron chi connectivity index (χ0n) is 3.72. The van der Waals surface area contributed by atoms with Gasteiger partial charge in [0.15, 0.2) is 0 Å². The van der Waals surface area contributed by atoms with Gasteiger partial charge in [-0.3, -0.25) is 0 Å². The van der Waals surface area contributed by atoms with Crippen LogP contribution in [-0.2, 0) is 0 Å². The second-order valence-corrected chi connectivity index (χ2v) is 2.19. The van der Waals surface area contributed by atoms with Crippen molar-refractivity contribution < 1.29 is 0 Å². The highest BCUT2D eigenvalue weighted by molar-refractivity contribution is 7.19. The van der Waals surface area contributed by atoms with Gasteiger partial charge in [0.05, 0.1) is 0 Å². The Kier molecular flexibility index (Phi) is 1.07. The molecule has 0 unspecified atom stereocenters. The first-order valence-electron chi connectivity index (χ1n) is 1.89. The van der Waals surface area contributed by atoms with Gasteiger partial charge in [0, 0.05) is 5.69 Å². The zero-order chi connectivity index (χ0) is 5.28. The summed E-state index contributed by atoms with van der Waals surface area (Å²) in [7, 11) is 5.33. The van der Waals surface area contributed by atoms with Crippen molar-refractivity contribution in [1.29, 1.82) is 0 Å². The topological polar surface area (TPSA) is 26.0 Å². The van der Waals surface area contributed by atoms with Gasteiger partial charge < -0.3 is 5.73 Å². The predicted octanol–water partition coefficient (Wildman–Crippen LogP) is 0.124. The Morgan fingerprint density at radius 2 is 2.43 bits per heavy atom. The largest absolute Gasteiger partial charge is 0.399 e. The van der Waals surface area contributed by atoms with Gasteiger partial charge >= 0.3 is 0 Å². The van der Waals surface area contributed by atoms with Gasteiger partial charge in [0.2, 0.25) is 0 Å². The van der Waals surface area contributed by atoms with Crippen LogP contribution in [0.3, 0.4) is 0 Å². The van der Waals surface area contributed by atoms with Crippen LogP contribution in [0, 0.1) is 0 Å². The Hall–Kier alpha value is -0.435. The summed E-state index contributed by atoms with van der Waals surface area (Å²) in [6, 6.07) is 1.79. The Morgan fingerprint density at radius 3 is 2.57 bits per heavy atom. The normalized spacial score (nSPS) is 9.14. The molecular weight excluding hydrogens is 105 g/mol. The summed E-state index contributed by atoms with van der Waals surface area (Å²) in [4.78, 5) is 0. The van der Waals surface area contributed by atoms with Crippen molar-refractivity contribution in [1.82, 2.24) is 0 Å². The van der Waals surface area contributed by atoms with Crippen LogP contribution in [0.1, 0.15) is 0 Å². The molecule has 1 aromatic rings. The average molecular weight is 109 g/mol. The molecule has 0 spiro atoms. The molecular formula is C4H4BNS. The third-order valence-corrected chi connectivity index (χ3v) is 1.49. The molecule has 0 aliphatic carbocycles. The van der Waals surface area contributed by atoms with Gasteiger partial charge in [-0.1, -0.05) is 0 Å². The number of nitrogens with two attached hydrogens (primary N) is 1. The van der Waals surface area contributed by atoms with E-state index < -0.39 is 0 Å². The fourth-order valence-corrected chi connectivity index (χ4v) is 0.896. The molecule has 1 aromatic heterocycles. The number of hydrogen-bond acceptors (Lipinski definition) is 2. The summed E-state index contributed by atoms with van der Waals surface area (Å²) in [5.41, 5.74) is 6.01. The third kappa shape index (κ3) is 0.773. The van der Waals surface area contributed by atoms with Crippen molar-refractivity contribution in [3.8, 4) is 0 Å². The first-order valence-corrected chi connectivity index (χ1v) is 2.77. The maximum atomic E-state index is 5.33. The first kappa shape index (κ1) is 4.72. The molecule has 0 aliphatic rings. The van der Waals surface area contributed by atoms with Crippen molar-refractivity contribution in [3.63, 3.8) is 0 Å². The first-order chi connectivity index (χ1) is 3.30. The second-order valence-electron chi connectivity index (χ2n) is 1.24. The number of thiophene rings is 1. The summed E-state index contributed by atoms with van der Waals surface area (Å²) in [6.45, 7) is 0. The van der Waals surface area contributed by atoms with Crippen LogP contribution in [0.5, 0.6) is 0 Å². The van der Waals surface area contributed by atoms with Gasteiger partial charge in [-0.15, -0.1) is 0 Å². The van der Waals surface area contributed by atoms with E-state index in [1.807, 2.05) is 5.38 Å². The summed E-state index contributed by atoms with van der Waals surface area (Å²) in [5.74, 6) is 0. The molecule has 0 amide bonds. The second kappa shape index (κ2) is 1.58. The molecule has 1 nitrogen and oxygen atoms in total. The van der Waals surface area contributed by atoms with E-state index in [4.69, 9.17) is 13.6 Å². The molecule has 0 aromatic carbocycles. The molecule has 1 heterocycles. The monoisotopic (exact) mass is 109 g/mol. The van der Waals surface area contributed by atoms with Crippen LogP contribution in [0.4, 0.5) is 5.69 Å². The smallest absolute Gasteiger partial charge is 0.131 e. The van der Waals surface area contributed by atoms with Crippen LogP contribution in [-0.4, -0.2) is 7.85 Å². The maximum Gasteiger partial charge on any atom is 0.131 e. The molecule has 3 heteroatoms. The lowest BCUT2D eigenvalue weighted by Crippen LogP contribution is -2.00. The number of anilines is 1. The van der Waals surface area contributed by atoms with Crippen molar-refractivity contribution in [2.75, 3.05) is 5.73 Å². The molecule has 2 radical (unpaired) electrons. The zero-order valence-corrected chi connectivity index (χ0v) is 4.53. The average Bonchev–Trinajstić information content (AvgIpc) is 1.91. The molecule has 2 N–H and O–H groups in total. The Morgan fingerprint density at radius 1 is 1.71 bits per heavy atom. The van der Waals surface area contributed by atoms with Crippen LogP contribution in [0.15, 0.2) is 11.4 Å². The van der Waals surface area contributed by atoms with Crippen molar-refractivity contribution in [2.24, 2.45) is 0 Å². The van der Waals surface area contributed by atoms with Crippen molar-refractivity contribution in [2.45, 2.75) is 0 Å². The highest BCUT2D eigenvalue weighted by Gasteiger charge is 1.87. The third-order valence-electron chi connectivity index (χ3n) is 0.727. The quantitative estimate of drug-likeness (QED) is 0.470. The summed E-state index contributed by atoms with van der Waals surface area (Å²) in [5, 5.41) is 1.87. The van der Waals surface area contributed by atoms with E-state index in [-0.39, 0.29) is 0 Å². The lowest BCUT2D eigenvalue weighted by Gasteiger charge is -1.81. The van der Waals surface area contributed by atoms with Crippen molar-refractivity contribution in [3.05, 3.63) is 11.4 Å². The van der Waals surface area contributed by atoms with E-state index in [2.05, 4.69) is 0 Å². The lowest BCUT2D eigenvalue weighted by molar-refractivity contribution is 1.92. The van der Waals surface area contributed by atoms with Gasteiger partial charge in [-0.05, 0) is 16.2 Å². The van der Waals surface area contributed by atoms with Gasteiger partial charge in [0.1, 0.15) is 7.85 Å². The lowest BCUT2D eigenvalue weighted by atomic mass is 10.1. The summed E-state index contributed by atoms with van der Waals surface area (Å²) < 4.78 is 0.708. The fourth-order valence-electron chi connectivity index (χ4n) is 0.331. The van der Waals surface area contributed by atoms with Crippen LogP contribution in [0.2, 0.25) is 0 Å². The number of rotatable bonds is 0. The van der Waals surface area contributed by atoms with Crippen LogP contribution >= 0.6 is 11.3 Å². The van der Waals surface area contributed by atoms with E-state index >= 15 is 0 Å². The molecule has 0 saturated heterocycles. The molecule has 0 fully saturated rings. The SMILES string of the molecule is [B]c1sccc1N. The highest BCUT2D eigenvalue weighted by atomic mass is 32.1. The van der Waals surface area contributed by atoms with Crippen molar-refractivity contribution >= 4 is 29.6 Å². The summed E-state index contributed by atoms with van der Waals surface area (Å²) in [6.07, 6.45) is 0. The minimum absolute atomic E-state index is 0.685. The van der Waals surface area contributed by atoms with E-state index in [0.29, 0.717) is 10.5 Å². The summed E-state index contributed by atoms with van der Waals surface area (Å²) >= 11 is 1.46. The minimum Gasteiger partial charge on any atom is -0.399 e. The molecule has 0 aliphatic heterocycles. The van der Waals surface area contributed by atoms with Crippen LogP contribution in [0.25, 0.3) is 0 Å². The van der Waals surface area contributed by atoms with E-state index in [0.717, 1.165) is 0 Å². The molecule has 1 rings (SSSR count). The predicted molar refractivity (Wildman–Crippen MR) is 34.1 cm³/mol.